The minimum Gasteiger partial charge on any atom is -0.481 e. The topological polar surface area (TPSA) is 92.7 Å². The van der Waals surface area contributed by atoms with Crippen LogP contribution in [0.3, 0.4) is 0 Å². The number of allylic oxidation sites excluding steroid dienone is 2. The maximum absolute atomic E-state index is 13.3. The van der Waals surface area contributed by atoms with E-state index in [0.717, 1.165) is 28.8 Å². The standard InChI is InChI=1S/C30H32FNO5S/c31-25-15-17-26(18-16-25)38(35,36)32-28-19-20-29(27(28)9-5-2-6-10-30(33)34)37-21-22-11-13-24(14-12-22)23-7-3-1-4-8-23/h1-5,7-8,11-18,27-29,32H,6,9-10,19-21H2,(H,33,34)/b5-2-/t27-,28+,29+/m1/s1. The summed E-state index contributed by atoms with van der Waals surface area (Å²) in [6.45, 7) is 0.399. The lowest BCUT2D eigenvalue weighted by Gasteiger charge is -2.25. The maximum Gasteiger partial charge on any atom is 0.303 e. The van der Waals surface area contributed by atoms with Gasteiger partial charge in [0.2, 0.25) is 10.0 Å². The minimum absolute atomic E-state index is 0.0116. The van der Waals surface area contributed by atoms with E-state index >= 15 is 0 Å². The zero-order valence-electron chi connectivity index (χ0n) is 21.0. The van der Waals surface area contributed by atoms with Crippen LogP contribution < -0.4 is 4.72 Å². The molecule has 0 bridgehead atoms. The molecule has 200 valence electrons. The quantitative estimate of drug-likeness (QED) is 0.279. The summed E-state index contributed by atoms with van der Waals surface area (Å²) in [7, 11) is -3.84. The fourth-order valence-electron chi connectivity index (χ4n) is 4.79. The van der Waals surface area contributed by atoms with Crippen molar-refractivity contribution in [1.29, 1.82) is 0 Å². The minimum atomic E-state index is -3.84. The molecule has 0 aromatic heterocycles. The molecular formula is C30H32FNO5S. The molecule has 3 atom stereocenters. The highest BCUT2D eigenvalue weighted by atomic mass is 32.2. The van der Waals surface area contributed by atoms with Gasteiger partial charge < -0.3 is 9.84 Å². The third-order valence-corrected chi connectivity index (χ3v) is 8.32. The highest BCUT2D eigenvalue weighted by molar-refractivity contribution is 7.89. The Kier molecular flexibility index (Phi) is 9.44. The Morgan fingerprint density at radius 3 is 2.32 bits per heavy atom. The molecule has 2 N–H and O–H groups in total. The second-order valence-electron chi connectivity index (χ2n) is 9.47. The summed E-state index contributed by atoms with van der Waals surface area (Å²) in [5.74, 6) is -1.49. The largest absolute Gasteiger partial charge is 0.481 e. The van der Waals surface area contributed by atoms with Crippen molar-refractivity contribution in [3.05, 3.63) is 102 Å². The van der Waals surface area contributed by atoms with Gasteiger partial charge in [0.25, 0.3) is 0 Å². The first-order valence-electron chi connectivity index (χ1n) is 12.7. The van der Waals surface area contributed by atoms with Crippen molar-refractivity contribution in [2.24, 2.45) is 5.92 Å². The molecule has 0 aliphatic heterocycles. The number of benzene rings is 3. The Hall–Kier alpha value is -3.33. The van der Waals surface area contributed by atoms with Crippen LogP contribution in [0.5, 0.6) is 0 Å². The van der Waals surface area contributed by atoms with Gasteiger partial charge in [-0.15, -0.1) is 0 Å². The van der Waals surface area contributed by atoms with Crippen LogP contribution in [0.25, 0.3) is 11.1 Å². The van der Waals surface area contributed by atoms with E-state index in [2.05, 4.69) is 29.0 Å². The number of nitrogens with one attached hydrogen (secondary N) is 1. The maximum atomic E-state index is 13.3. The van der Waals surface area contributed by atoms with E-state index in [0.29, 0.717) is 32.3 Å². The molecule has 6 nitrogen and oxygen atoms in total. The predicted octanol–water partition coefficient (Wildman–Crippen LogP) is 5.95. The molecule has 1 fully saturated rings. The molecular weight excluding hydrogens is 505 g/mol. The lowest BCUT2D eigenvalue weighted by Crippen LogP contribution is -2.39. The highest BCUT2D eigenvalue weighted by Gasteiger charge is 2.38. The number of halogens is 1. The van der Waals surface area contributed by atoms with Crippen molar-refractivity contribution >= 4 is 16.0 Å². The van der Waals surface area contributed by atoms with E-state index in [4.69, 9.17) is 9.84 Å². The first-order valence-corrected chi connectivity index (χ1v) is 14.2. The molecule has 3 aromatic rings. The van der Waals surface area contributed by atoms with Crippen LogP contribution in [-0.2, 0) is 26.2 Å². The van der Waals surface area contributed by atoms with Gasteiger partial charge >= 0.3 is 5.97 Å². The summed E-state index contributed by atoms with van der Waals surface area (Å²) in [6.07, 6.45) is 5.84. The molecule has 1 saturated carbocycles. The number of ether oxygens (including phenoxy) is 1. The summed E-state index contributed by atoms with van der Waals surface area (Å²) < 4.78 is 48.3. The SMILES string of the molecule is O=C(O)CC/C=C\C[C@@H]1[C@@H](NS(=O)(=O)c2ccc(F)cc2)CC[C@@H]1OCc1ccc(-c2ccccc2)cc1. The van der Waals surface area contributed by atoms with Crippen molar-refractivity contribution < 1.29 is 27.4 Å². The van der Waals surface area contributed by atoms with E-state index in [1.54, 1.807) is 0 Å². The first kappa shape index (κ1) is 27.7. The van der Waals surface area contributed by atoms with E-state index < -0.39 is 21.8 Å². The number of carbonyl (C=O) groups is 1. The van der Waals surface area contributed by atoms with Crippen LogP contribution in [0.4, 0.5) is 4.39 Å². The number of carboxylic acids is 1. The van der Waals surface area contributed by atoms with Gasteiger partial charge in [-0.2, -0.15) is 0 Å². The van der Waals surface area contributed by atoms with Gasteiger partial charge in [0, 0.05) is 18.4 Å². The average Bonchev–Trinajstić information content (AvgIpc) is 3.28. The molecule has 38 heavy (non-hydrogen) atoms. The van der Waals surface area contributed by atoms with Gasteiger partial charge in [-0.05, 0) is 66.6 Å². The number of carboxylic acid groups (broad SMARTS) is 1. The smallest absolute Gasteiger partial charge is 0.303 e. The summed E-state index contributed by atoms with van der Waals surface area (Å²) in [5, 5.41) is 8.87. The van der Waals surface area contributed by atoms with Crippen LogP contribution in [0.15, 0.2) is 95.9 Å². The van der Waals surface area contributed by atoms with Crippen LogP contribution >= 0.6 is 0 Å². The zero-order valence-corrected chi connectivity index (χ0v) is 21.8. The molecule has 8 heteroatoms. The lowest BCUT2D eigenvalue weighted by atomic mass is 9.97. The monoisotopic (exact) mass is 537 g/mol. The number of rotatable bonds is 12. The molecule has 4 rings (SSSR count). The zero-order chi connectivity index (χ0) is 27.0. The molecule has 1 aliphatic carbocycles. The molecule has 0 heterocycles. The second kappa shape index (κ2) is 13.0. The summed E-state index contributed by atoms with van der Waals surface area (Å²) >= 11 is 0. The van der Waals surface area contributed by atoms with Crippen molar-refractivity contribution in [3.63, 3.8) is 0 Å². The van der Waals surface area contributed by atoms with E-state index in [1.807, 2.05) is 42.5 Å². The Balaban J connectivity index is 1.42. The van der Waals surface area contributed by atoms with Crippen molar-refractivity contribution in [1.82, 2.24) is 4.72 Å². The van der Waals surface area contributed by atoms with E-state index in [9.17, 15) is 17.6 Å². The Morgan fingerprint density at radius 2 is 1.63 bits per heavy atom. The summed E-state index contributed by atoms with van der Waals surface area (Å²) in [4.78, 5) is 10.8. The number of hydrogen-bond acceptors (Lipinski definition) is 4. The number of hydrogen-bond donors (Lipinski definition) is 2. The van der Waals surface area contributed by atoms with Crippen molar-refractivity contribution in [2.75, 3.05) is 0 Å². The Labute approximate surface area is 223 Å². The van der Waals surface area contributed by atoms with Crippen LogP contribution in [-0.4, -0.2) is 31.6 Å². The Morgan fingerprint density at radius 1 is 0.947 bits per heavy atom. The molecule has 3 aromatic carbocycles. The third-order valence-electron chi connectivity index (χ3n) is 6.81. The van der Waals surface area contributed by atoms with Gasteiger partial charge in [0.15, 0.2) is 0 Å². The average molecular weight is 538 g/mol. The van der Waals surface area contributed by atoms with Crippen LogP contribution in [0, 0.1) is 11.7 Å². The molecule has 1 aliphatic rings. The van der Waals surface area contributed by atoms with Gasteiger partial charge in [0.05, 0.1) is 17.6 Å². The van der Waals surface area contributed by atoms with Crippen LogP contribution in [0.1, 0.15) is 37.7 Å². The number of sulfonamides is 1. The second-order valence-corrected chi connectivity index (χ2v) is 11.2. The molecule has 0 spiro atoms. The first-order chi connectivity index (χ1) is 18.3. The molecule has 0 radical (unpaired) electrons. The van der Waals surface area contributed by atoms with E-state index in [1.165, 1.54) is 12.1 Å². The van der Waals surface area contributed by atoms with Crippen molar-refractivity contribution in [2.45, 2.75) is 55.8 Å². The summed E-state index contributed by atoms with van der Waals surface area (Å²) in [5.41, 5.74) is 3.28. The van der Waals surface area contributed by atoms with Gasteiger partial charge in [-0.25, -0.2) is 17.5 Å². The number of aliphatic carboxylic acids is 1. The molecule has 0 amide bonds. The lowest BCUT2D eigenvalue weighted by molar-refractivity contribution is -0.136. The van der Waals surface area contributed by atoms with Gasteiger partial charge in [-0.3, -0.25) is 4.79 Å². The fourth-order valence-corrected chi connectivity index (χ4v) is 6.11. The van der Waals surface area contributed by atoms with Crippen molar-refractivity contribution in [3.8, 4) is 11.1 Å². The third kappa shape index (κ3) is 7.60. The molecule has 0 unspecified atom stereocenters. The Bertz CT molecular complexity index is 1330. The van der Waals surface area contributed by atoms with Gasteiger partial charge in [0.1, 0.15) is 5.82 Å². The predicted molar refractivity (Wildman–Crippen MR) is 144 cm³/mol. The van der Waals surface area contributed by atoms with Gasteiger partial charge in [-0.1, -0.05) is 66.7 Å². The fraction of sp³-hybridized carbons (Fsp3) is 0.300. The molecule has 0 saturated heterocycles. The van der Waals surface area contributed by atoms with E-state index in [-0.39, 0.29) is 29.4 Å². The normalized spacial score (nSPS) is 19.7. The van der Waals surface area contributed by atoms with Crippen LogP contribution in [0.2, 0.25) is 0 Å². The highest BCUT2D eigenvalue weighted by Crippen LogP contribution is 2.34. The summed E-state index contributed by atoms with van der Waals surface area (Å²) in [6, 6.07) is 22.7.